The quantitative estimate of drug-likeness (QED) is 0.713. The maximum Gasteiger partial charge on any atom is 0.248 e. The van der Waals surface area contributed by atoms with E-state index in [1.165, 1.54) is 0 Å². The van der Waals surface area contributed by atoms with E-state index >= 15 is 0 Å². The first-order chi connectivity index (χ1) is 10.4. The van der Waals surface area contributed by atoms with Crippen LogP contribution in [0.2, 0.25) is 0 Å². The molecular weight excluding hydrogens is 370 g/mol. The molecule has 22 heavy (non-hydrogen) atoms. The van der Waals surface area contributed by atoms with Crippen LogP contribution in [0.15, 0.2) is 28.1 Å². The molecule has 1 saturated carbocycles. The molecule has 1 aliphatic rings. The minimum Gasteiger partial charge on any atom is -0.382 e. The Kier molecular flexibility index (Phi) is 4.50. The van der Waals surface area contributed by atoms with Crippen molar-refractivity contribution in [1.82, 2.24) is 4.98 Å². The zero-order valence-electron chi connectivity index (χ0n) is 12.2. The summed E-state index contributed by atoms with van der Waals surface area (Å²) in [7, 11) is 0. The molecule has 1 aromatic heterocycles. The van der Waals surface area contributed by atoms with Gasteiger partial charge in [0, 0.05) is 45.7 Å². The van der Waals surface area contributed by atoms with Gasteiger partial charge >= 0.3 is 0 Å². The number of halogens is 3. The van der Waals surface area contributed by atoms with Crippen LogP contribution < -0.4 is 5.32 Å². The predicted molar refractivity (Wildman–Crippen MR) is 90.8 cm³/mol. The average Bonchev–Trinajstić information content (AvgIpc) is 2.87. The molecule has 0 atom stereocenters. The van der Waals surface area contributed by atoms with E-state index in [0.717, 1.165) is 26.4 Å². The van der Waals surface area contributed by atoms with Gasteiger partial charge in [-0.3, -0.25) is 0 Å². The van der Waals surface area contributed by atoms with Crippen LogP contribution in [0.3, 0.4) is 0 Å². The molecule has 1 aliphatic carbocycles. The van der Waals surface area contributed by atoms with Crippen LogP contribution in [0.25, 0.3) is 10.6 Å². The number of benzene rings is 1. The van der Waals surface area contributed by atoms with Gasteiger partial charge in [-0.2, -0.15) is 0 Å². The SMILES string of the molecule is Cc1csc(-c2cc(Br)cc(NC3CCC(F)(F)CC3)c2)n1. The summed E-state index contributed by atoms with van der Waals surface area (Å²) in [5.41, 5.74) is 2.99. The van der Waals surface area contributed by atoms with Crippen LogP contribution in [0.4, 0.5) is 14.5 Å². The first-order valence-corrected chi connectivity index (χ1v) is 8.96. The number of rotatable bonds is 3. The molecule has 2 aromatic rings. The van der Waals surface area contributed by atoms with Gasteiger partial charge in [0.05, 0.1) is 0 Å². The van der Waals surface area contributed by atoms with Crippen molar-refractivity contribution in [2.24, 2.45) is 0 Å². The minimum atomic E-state index is -2.49. The van der Waals surface area contributed by atoms with Crippen LogP contribution in [0, 0.1) is 6.92 Å². The van der Waals surface area contributed by atoms with Gasteiger partial charge in [-0.15, -0.1) is 11.3 Å². The Morgan fingerprint density at radius 1 is 1.27 bits per heavy atom. The molecule has 0 bridgehead atoms. The lowest BCUT2D eigenvalue weighted by atomic mass is 9.92. The van der Waals surface area contributed by atoms with Gasteiger partial charge in [-0.25, -0.2) is 13.8 Å². The highest BCUT2D eigenvalue weighted by atomic mass is 79.9. The van der Waals surface area contributed by atoms with Crippen molar-refractivity contribution < 1.29 is 8.78 Å². The molecule has 0 aliphatic heterocycles. The number of anilines is 1. The van der Waals surface area contributed by atoms with Gasteiger partial charge in [0.2, 0.25) is 5.92 Å². The third kappa shape index (κ3) is 3.84. The van der Waals surface area contributed by atoms with E-state index in [-0.39, 0.29) is 18.9 Å². The van der Waals surface area contributed by atoms with Crippen molar-refractivity contribution in [2.45, 2.75) is 44.6 Å². The van der Waals surface area contributed by atoms with E-state index in [2.05, 4.69) is 26.2 Å². The summed E-state index contributed by atoms with van der Waals surface area (Å²) in [4.78, 5) is 4.50. The van der Waals surface area contributed by atoms with Crippen LogP contribution in [-0.4, -0.2) is 16.9 Å². The molecule has 1 aromatic carbocycles. The van der Waals surface area contributed by atoms with E-state index in [4.69, 9.17) is 0 Å². The van der Waals surface area contributed by atoms with Crippen LogP contribution >= 0.6 is 27.3 Å². The summed E-state index contributed by atoms with van der Waals surface area (Å²) < 4.78 is 27.4. The van der Waals surface area contributed by atoms with Crippen molar-refractivity contribution in [3.05, 3.63) is 33.7 Å². The Morgan fingerprint density at radius 2 is 2.00 bits per heavy atom. The van der Waals surface area contributed by atoms with Gasteiger partial charge in [-0.05, 0) is 38.0 Å². The lowest BCUT2D eigenvalue weighted by Gasteiger charge is -2.29. The van der Waals surface area contributed by atoms with Crippen LogP contribution in [0.1, 0.15) is 31.4 Å². The molecule has 0 radical (unpaired) electrons. The van der Waals surface area contributed by atoms with Crippen molar-refractivity contribution in [1.29, 1.82) is 0 Å². The third-order valence-corrected chi connectivity index (χ3v) is 5.32. The molecule has 0 spiro atoms. The topological polar surface area (TPSA) is 24.9 Å². The fraction of sp³-hybridized carbons (Fsp3) is 0.438. The molecule has 2 nitrogen and oxygen atoms in total. The molecular formula is C16H17BrF2N2S. The molecule has 1 fully saturated rings. The Hall–Kier alpha value is -1.01. The number of aryl methyl sites for hydroxylation is 1. The van der Waals surface area contributed by atoms with Crippen molar-refractivity contribution in [3.8, 4) is 10.6 Å². The second-order valence-corrected chi connectivity index (χ2v) is 7.57. The number of thiazole rings is 1. The lowest BCUT2D eigenvalue weighted by molar-refractivity contribution is -0.0360. The number of hydrogen-bond acceptors (Lipinski definition) is 3. The summed E-state index contributed by atoms with van der Waals surface area (Å²) in [5.74, 6) is -2.49. The first kappa shape index (κ1) is 15.9. The number of hydrogen-bond donors (Lipinski definition) is 1. The summed E-state index contributed by atoms with van der Waals surface area (Å²) in [5, 5.41) is 6.38. The van der Waals surface area contributed by atoms with Crippen molar-refractivity contribution >= 4 is 33.0 Å². The highest BCUT2D eigenvalue weighted by Gasteiger charge is 2.34. The Morgan fingerprint density at radius 3 is 2.64 bits per heavy atom. The normalized spacial score (nSPS) is 18.4. The molecule has 0 unspecified atom stereocenters. The molecule has 0 amide bonds. The summed E-state index contributed by atoms with van der Waals surface area (Å²) >= 11 is 5.12. The molecule has 1 heterocycles. The van der Waals surface area contributed by atoms with Crippen molar-refractivity contribution in [3.63, 3.8) is 0 Å². The van der Waals surface area contributed by atoms with E-state index in [0.29, 0.717) is 12.8 Å². The predicted octanol–water partition coefficient (Wildman–Crippen LogP) is 5.87. The maximum absolute atomic E-state index is 13.2. The monoisotopic (exact) mass is 386 g/mol. The zero-order chi connectivity index (χ0) is 15.7. The van der Waals surface area contributed by atoms with Gasteiger partial charge in [0.25, 0.3) is 0 Å². The van der Waals surface area contributed by atoms with Gasteiger partial charge in [0.15, 0.2) is 0 Å². The lowest BCUT2D eigenvalue weighted by Crippen LogP contribution is -2.32. The summed E-state index contributed by atoms with van der Waals surface area (Å²) in [6.07, 6.45) is 0.949. The second-order valence-electron chi connectivity index (χ2n) is 5.80. The van der Waals surface area contributed by atoms with Gasteiger partial charge < -0.3 is 5.32 Å². The average molecular weight is 387 g/mol. The second kappa shape index (κ2) is 6.24. The number of aromatic nitrogens is 1. The molecule has 1 N–H and O–H groups in total. The largest absolute Gasteiger partial charge is 0.382 e. The molecule has 3 rings (SSSR count). The minimum absolute atomic E-state index is 0.0306. The fourth-order valence-electron chi connectivity index (χ4n) is 2.70. The molecule has 6 heteroatoms. The number of nitrogens with zero attached hydrogens (tertiary/aromatic N) is 1. The Balaban J connectivity index is 1.76. The summed E-state index contributed by atoms with van der Waals surface area (Å²) in [6, 6.07) is 6.16. The number of nitrogens with one attached hydrogen (secondary N) is 1. The first-order valence-electron chi connectivity index (χ1n) is 7.29. The van der Waals surface area contributed by atoms with Crippen molar-refractivity contribution in [2.75, 3.05) is 5.32 Å². The highest BCUT2D eigenvalue weighted by molar-refractivity contribution is 9.10. The van der Waals surface area contributed by atoms with E-state index in [1.807, 2.05) is 30.5 Å². The maximum atomic E-state index is 13.2. The number of alkyl halides is 2. The van der Waals surface area contributed by atoms with Crippen LogP contribution in [-0.2, 0) is 0 Å². The molecule has 0 saturated heterocycles. The van der Waals surface area contributed by atoms with E-state index in [1.54, 1.807) is 11.3 Å². The van der Waals surface area contributed by atoms with E-state index in [9.17, 15) is 8.78 Å². The third-order valence-electron chi connectivity index (χ3n) is 3.85. The zero-order valence-corrected chi connectivity index (χ0v) is 14.6. The molecule has 118 valence electrons. The van der Waals surface area contributed by atoms with Gasteiger partial charge in [0.1, 0.15) is 5.01 Å². The summed E-state index contributed by atoms with van der Waals surface area (Å²) in [6.45, 7) is 1.97. The Labute approximate surface area is 141 Å². The van der Waals surface area contributed by atoms with Gasteiger partial charge in [-0.1, -0.05) is 15.9 Å². The standard InChI is InChI=1S/C16H17BrF2N2S/c1-10-9-22-15(20-10)11-6-12(17)8-14(7-11)21-13-2-4-16(18,19)5-3-13/h6-9,13,21H,2-5H2,1H3. The highest BCUT2D eigenvalue weighted by Crippen LogP contribution is 2.35. The fourth-order valence-corrected chi connectivity index (χ4v) is 3.98. The van der Waals surface area contributed by atoms with Crippen LogP contribution in [0.5, 0.6) is 0 Å². The Bertz CT molecular complexity index is 662. The smallest absolute Gasteiger partial charge is 0.248 e. The van der Waals surface area contributed by atoms with E-state index < -0.39 is 5.92 Å².